The van der Waals surface area contributed by atoms with Crippen molar-refractivity contribution in [1.82, 2.24) is 9.97 Å². The molecule has 0 saturated carbocycles. The predicted molar refractivity (Wildman–Crippen MR) is 390 cm³/mol. The highest BCUT2D eigenvalue weighted by Crippen LogP contribution is 2.52. The minimum absolute atomic E-state index is 0.774. The summed E-state index contributed by atoms with van der Waals surface area (Å²) in [6.07, 6.45) is 63.3. The molecule has 0 aliphatic rings. The van der Waals surface area contributed by atoms with Gasteiger partial charge in [-0.2, -0.15) is 0 Å². The van der Waals surface area contributed by atoms with Gasteiger partial charge < -0.3 is 4.74 Å². The number of nitrogens with zero attached hydrogens (tertiary/aromatic N) is 2. The number of unbranched alkanes of at least 4 members (excludes halogenated alkanes) is 40. The van der Waals surface area contributed by atoms with Gasteiger partial charge in [0.2, 0.25) is 0 Å². The van der Waals surface area contributed by atoms with Gasteiger partial charge in [-0.25, -0.2) is 9.97 Å². The van der Waals surface area contributed by atoms with Crippen LogP contribution >= 0.6 is 68.0 Å². The molecule has 474 valence electrons. The first kappa shape index (κ1) is 70.3. The van der Waals surface area contributed by atoms with Crippen LogP contribution in [0.25, 0.3) is 59.1 Å². The Balaban J connectivity index is 1.13. The molecule has 0 aliphatic carbocycles. The van der Waals surface area contributed by atoms with Gasteiger partial charge in [0.05, 0.1) is 37.3 Å². The molecule has 0 radical (unpaired) electrons. The molecule has 0 spiro atoms. The molecular weight excluding hydrogens is 1150 g/mol. The van der Waals surface area contributed by atoms with E-state index in [1.54, 1.807) is 5.56 Å². The Labute approximate surface area is 544 Å². The standard InChI is InChI=1S/C76H118N2OS6/c1-7-11-15-19-23-27-31-33-36-40-44-48-52-64-60(6)81-75(77-64)70-57-63-71(79-54-50-46-42-38-30-26-22-18-14-10-4)73-62(61(72(63)83-70)51-47-43-39-35-29-25-21-17-13-9-3)56-69(84-73)76-78-65(53-49-45-41-37-34-32-28-24-20-16-12-8-2)74(85-76)68-58-67-66(82-68)55-59(5)80-67/h55-58H,7-54H2,1-6H3. The minimum atomic E-state index is 0.774. The third-order valence-electron chi connectivity index (χ3n) is 18.1. The second kappa shape index (κ2) is 42.0. The Bertz CT molecular complexity index is 2820. The zero-order valence-corrected chi connectivity index (χ0v) is 59.9. The highest BCUT2D eigenvalue weighted by atomic mass is 32.1. The van der Waals surface area contributed by atoms with Crippen LogP contribution in [0.15, 0.2) is 24.3 Å². The van der Waals surface area contributed by atoms with E-state index < -0.39 is 0 Å². The maximum absolute atomic E-state index is 7.26. The first-order chi connectivity index (χ1) is 41.9. The lowest BCUT2D eigenvalue weighted by molar-refractivity contribution is 0.311. The number of rotatable bonds is 52. The molecular formula is C76H118N2OS6. The number of hydrogen-bond donors (Lipinski definition) is 0. The number of thiazole rings is 2. The van der Waals surface area contributed by atoms with Gasteiger partial charge >= 0.3 is 0 Å². The average molecular weight is 1270 g/mol. The van der Waals surface area contributed by atoms with Crippen molar-refractivity contribution in [2.75, 3.05) is 6.61 Å². The van der Waals surface area contributed by atoms with Gasteiger partial charge in [-0.1, -0.05) is 285 Å². The summed E-state index contributed by atoms with van der Waals surface area (Å²) < 4.78 is 12.9. The van der Waals surface area contributed by atoms with E-state index in [0.717, 1.165) is 38.0 Å². The minimum Gasteiger partial charge on any atom is -0.491 e. The Morgan fingerprint density at radius 2 is 0.718 bits per heavy atom. The van der Waals surface area contributed by atoms with Gasteiger partial charge in [0.1, 0.15) is 15.8 Å². The smallest absolute Gasteiger partial charge is 0.145 e. The lowest BCUT2D eigenvalue weighted by atomic mass is 9.99. The quantitative estimate of drug-likeness (QED) is 0.0357. The van der Waals surface area contributed by atoms with E-state index in [1.807, 2.05) is 68.0 Å². The largest absolute Gasteiger partial charge is 0.491 e. The van der Waals surface area contributed by atoms with E-state index in [9.17, 15) is 0 Å². The van der Waals surface area contributed by atoms with Crippen molar-refractivity contribution in [3.8, 4) is 35.3 Å². The Hall–Kier alpha value is -2.14. The number of benzene rings is 1. The number of fused-ring (bicyclic) bond motifs is 3. The summed E-state index contributed by atoms with van der Waals surface area (Å²) in [4.78, 5) is 19.5. The monoisotopic (exact) mass is 1270 g/mol. The fourth-order valence-electron chi connectivity index (χ4n) is 12.9. The van der Waals surface area contributed by atoms with Crippen molar-refractivity contribution in [2.45, 2.75) is 343 Å². The second-order valence-corrected chi connectivity index (χ2v) is 32.4. The highest BCUT2D eigenvalue weighted by Gasteiger charge is 2.25. The third-order valence-corrected chi connectivity index (χ3v) is 25.3. The molecule has 6 aromatic heterocycles. The van der Waals surface area contributed by atoms with Crippen molar-refractivity contribution in [3.05, 3.63) is 51.0 Å². The molecule has 7 rings (SSSR count). The van der Waals surface area contributed by atoms with Crippen LogP contribution in [-0.4, -0.2) is 16.6 Å². The number of aryl methyl sites for hydroxylation is 5. The van der Waals surface area contributed by atoms with Crippen LogP contribution < -0.4 is 4.74 Å². The molecule has 85 heavy (non-hydrogen) atoms. The fraction of sp³-hybridized carbons (Fsp3) is 0.711. The maximum atomic E-state index is 7.26. The van der Waals surface area contributed by atoms with Crippen molar-refractivity contribution >= 4 is 97.6 Å². The normalized spacial score (nSPS) is 12.0. The van der Waals surface area contributed by atoms with E-state index in [2.05, 4.69) is 65.8 Å². The van der Waals surface area contributed by atoms with E-state index >= 15 is 0 Å². The molecule has 0 saturated heterocycles. The molecule has 3 nitrogen and oxygen atoms in total. The molecule has 0 amide bonds. The van der Waals surface area contributed by atoms with Crippen LogP contribution in [0.5, 0.6) is 5.75 Å². The fourth-order valence-corrected chi connectivity index (χ4v) is 19.9. The van der Waals surface area contributed by atoms with Gasteiger partial charge in [-0.05, 0) is 88.6 Å². The Kier molecular flexibility index (Phi) is 34.8. The zero-order chi connectivity index (χ0) is 59.5. The van der Waals surface area contributed by atoms with Gasteiger partial charge in [0.25, 0.3) is 0 Å². The Morgan fingerprint density at radius 1 is 0.329 bits per heavy atom. The van der Waals surface area contributed by atoms with Crippen molar-refractivity contribution in [2.24, 2.45) is 0 Å². The summed E-state index contributed by atoms with van der Waals surface area (Å²) in [5.41, 5.74) is 4.19. The lowest BCUT2D eigenvalue weighted by Crippen LogP contribution is -1.99. The van der Waals surface area contributed by atoms with Gasteiger partial charge in [0, 0.05) is 39.5 Å². The number of ether oxygens (including phenoxy) is 1. The molecule has 0 N–H and O–H groups in total. The van der Waals surface area contributed by atoms with Crippen LogP contribution in [0.1, 0.15) is 337 Å². The van der Waals surface area contributed by atoms with Crippen LogP contribution in [0.4, 0.5) is 0 Å². The predicted octanol–water partition coefficient (Wildman–Crippen LogP) is 29.2. The van der Waals surface area contributed by atoms with Crippen molar-refractivity contribution in [3.63, 3.8) is 0 Å². The van der Waals surface area contributed by atoms with Crippen LogP contribution in [0.2, 0.25) is 0 Å². The zero-order valence-electron chi connectivity index (χ0n) is 55.0. The molecule has 9 heteroatoms. The molecule has 0 atom stereocenters. The maximum Gasteiger partial charge on any atom is 0.145 e. The van der Waals surface area contributed by atoms with E-state index in [-0.39, 0.29) is 0 Å². The van der Waals surface area contributed by atoms with Crippen LogP contribution in [0.3, 0.4) is 0 Å². The molecule has 1 aromatic carbocycles. The SMILES string of the molecule is CCCCCCCCCCCCCCc1nc(-c2cc3c(OCCCCCCCCCCCC)c4sc(-c5nc(CCCCCCCCCCCCCC)c(-c6cc7sc(C)cc7s6)s5)cc4c(CCCCCCCCCCCC)c3s2)sc1C. The van der Waals surface area contributed by atoms with Gasteiger partial charge in [-0.3, -0.25) is 0 Å². The summed E-state index contributed by atoms with van der Waals surface area (Å²) in [5.74, 6) is 1.12. The van der Waals surface area contributed by atoms with Crippen LogP contribution in [0, 0.1) is 13.8 Å². The van der Waals surface area contributed by atoms with E-state index in [0.29, 0.717) is 0 Å². The summed E-state index contributed by atoms with van der Waals surface area (Å²) >= 11 is 11.8. The number of aromatic nitrogens is 2. The molecule has 6 heterocycles. The molecule has 0 unspecified atom stereocenters. The number of hydrogen-bond acceptors (Lipinski definition) is 9. The lowest BCUT2D eigenvalue weighted by Gasteiger charge is -2.13. The summed E-state index contributed by atoms with van der Waals surface area (Å²) in [6, 6.07) is 9.96. The summed E-state index contributed by atoms with van der Waals surface area (Å²) in [6.45, 7) is 14.6. The molecule has 0 bridgehead atoms. The molecule has 7 aromatic rings. The third kappa shape index (κ3) is 24.2. The number of thiophene rings is 4. The summed E-state index contributed by atoms with van der Waals surface area (Å²) in [7, 11) is 0. The first-order valence-corrected chi connectivity index (χ1v) is 40.9. The van der Waals surface area contributed by atoms with Gasteiger partial charge in [-0.15, -0.1) is 68.0 Å². The second-order valence-electron chi connectivity index (χ2n) is 25.8. The molecule has 0 fully saturated rings. The first-order valence-electron chi connectivity index (χ1n) is 36.0. The molecule has 0 aliphatic heterocycles. The average Bonchev–Trinajstić information content (AvgIpc) is 1.71. The highest BCUT2D eigenvalue weighted by molar-refractivity contribution is 7.32. The van der Waals surface area contributed by atoms with Gasteiger partial charge in [0.15, 0.2) is 0 Å². The topological polar surface area (TPSA) is 35.0 Å². The summed E-state index contributed by atoms with van der Waals surface area (Å²) in [5, 5.41) is 5.16. The van der Waals surface area contributed by atoms with Crippen molar-refractivity contribution in [1.29, 1.82) is 0 Å². The van der Waals surface area contributed by atoms with Crippen molar-refractivity contribution < 1.29 is 4.74 Å². The van der Waals surface area contributed by atoms with Crippen LogP contribution in [-0.2, 0) is 19.3 Å². The van der Waals surface area contributed by atoms with E-state index in [4.69, 9.17) is 14.7 Å². The van der Waals surface area contributed by atoms with E-state index in [1.165, 1.54) is 356 Å². The Morgan fingerprint density at radius 3 is 1.20 bits per heavy atom.